The lowest BCUT2D eigenvalue weighted by molar-refractivity contribution is 0.0595. The predicted molar refractivity (Wildman–Crippen MR) is 74.0 cm³/mol. The van der Waals surface area contributed by atoms with E-state index in [9.17, 15) is 4.79 Å². The summed E-state index contributed by atoms with van der Waals surface area (Å²) in [6, 6.07) is 0. The van der Waals surface area contributed by atoms with Gasteiger partial charge in [0.25, 0.3) is 0 Å². The van der Waals surface area contributed by atoms with E-state index < -0.39 is 5.97 Å². The molecule has 0 spiro atoms. The predicted octanol–water partition coefficient (Wildman–Crippen LogP) is 3.78. The quantitative estimate of drug-likeness (QED) is 0.538. The van der Waals surface area contributed by atoms with Crippen LogP contribution in [0.5, 0.6) is 11.5 Å². The van der Waals surface area contributed by atoms with Crippen molar-refractivity contribution < 1.29 is 19.0 Å². The van der Waals surface area contributed by atoms with Gasteiger partial charge < -0.3 is 14.2 Å². The van der Waals surface area contributed by atoms with Gasteiger partial charge in [0.1, 0.15) is 5.56 Å². The third kappa shape index (κ3) is 2.61. The van der Waals surface area contributed by atoms with E-state index in [1.165, 1.54) is 21.3 Å². The molecule has 17 heavy (non-hydrogen) atoms. The Bertz CT molecular complexity index is 460. The lowest BCUT2D eigenvalue weighted by Gasteiger charge is -2.16. The van der Waals surface area contributed by atoms with Gasteiger partial charge in [0.05, 0.1) is 34.7 Å². The summed E-state index contributed by atoms with van der Waals surface area (Å²) in [5, 5.41) is 0. The SMILES string of the molecule is COC(=O)c1c(Br)c(Br)c(Br)c(OC)c1OC. The molecule has 0 aromatic heterocycles. The average Bonchev–Trinajstić information content (AvgIpc) is 2.34. The first-order valence-electron chi connectivity index (χ1n) is 4.36. The highest BCUT2D eigenvalue weighted by Gasteiger charge is 2.27. The lowest BCUT2D eigenvalue weighted by atomic mass is 10.2. The minimum absolute atomic E-state index is 0.266. The fourth-order valence-electron chi connectivity index (χ4n) is 1.28. The number of carbonyl (C=O) groups is 1. The minimum atomic E-state index is -0.514. The van der Waals surface area contributed by atoms with Crippen LogP contribution in [-0.2, 0) is 4.74 Å². The zero-order valence-electron chi connectivity index (χ0n) is 9.27. The molecule has 94 valence electrons. The molecule has 0 heterocycles. The van der Waals surface area contributed by atoms with E-state index in [4.69, 9.17) is 14.2 Å². The average molecular weight is 433 g/mol. The molecule has 0 fully saturated rings. The number of carbonyl (C=O) groups excluding carboxylic acids is 1. The largest absolute Gasteiger partial charge is 0.492 e. The molecule has 0 aliphatic rings. The Labute approximate surface area is 124 Å². The van der Waals surface area contributed by atoms with Crippen LogP contribution in [0.1, 0.15) is 10.4 Å². The second kappa shape index (κ2) is 6.06. The summed E-state index contributed by atoms with van der Waals surface area (Å²) in [5.41, 5.74) is 0.266. The van der Waals surface area contributed by atoms with Crippen LogP contribution in [0, 0.1) is 0 Å². The van der Waals surface area contributed by atoms with Crippen molar-refractivity contribution in [2.75, 3.05) is 21.3 Å². The summed E-state index contributed by atoms with van der Waals surface area (Å²) >= 11 is 10.0. The van der Waals surface area contributed by atoms with E-state index in [2.05, 4.69) is 47.8 Å². The summed E-state index contributed by atoms with van der Waals surface area (Å²) in [5.74, 6) is 0.213. The van der Waals surface area contributed by atoms with Crippen molar-refractivity contribution >= 4 is 53.8 Å². The molecular weight excluding hydrogens is 424 g/mol. The summed E-state index contributed by atoms with van der Waals surface area (Å²) in [6.07, 6.45) is 0. The Hall–Kier alpha value is -0.270. The number of benzene rings is 1. The number of hydrogen-bond acceptors (Lipinski definition) is 4. The van der Waals surface area contributed by atoms with Crippen molar-refractivity contribution in [3.05, 3.63) is 19.0 Å². The molecule has 0 radical (unpaired) electrons. The second-order valence-electron chi connectivity index (χ2n) is 2.88. The third-order valence-electron chi connectivity index (χ3n) is 2.04. The first-order valence-corrected chi connectivity index (χ1v) is 6.74. The molecule has 1 aromatic rings. The Kier molecular flexibility index (Phi) is 5.27. The molecule has 0 aliphatic carbocycles. The number of ether oxygens (including phenoxy) is 3. The summed E-state index contributed by atoms with van der Waals surface area (Å²) in [7, 11) is 4.25. The first kappa shape index (κ1) is 14.8. The summed E-state index contributed by atoms with van der Waals surface area (Å²) in [4.78, 5) is 11.7. The van der Waals surface area contributed by atoms with E-state index in [1.807, 2.05) is 0 Å². The molecule has 0 atom stereocenters. The van der Waals surface area contributed by atoms with E-state index in [-0.39, 0.29) is 5.56 Å². The maximum atomic E-state index is 11.7. The second-order valence-corrected chi connectivity index (χ2v) is 5.25. The van der Waals surface area contributed by atoms with Gasteiger partial charge in [-0.15, -0.1) is 0 Å². The third-order valence-corrected chi connectivity index (χ3v) is 5.44. The van der Waals surface area contributed by atoms with Gasteiger partial charge in [-0.25, -0.2) is 4.79 Å². The van der Waals surface area contributed by atoms with Crippen molar-refractivity contribution in [2.45, 2.75) is 0 Å². The minimum Gasteiger partial charge on any atom is -0.492 e. The first-order chi connectivity index (χ1) is 7.99. The topological polar surface area (TPSA) is 44.8 Å². The van der Waals surface area contributed by atoms with Gasteiger partial charge in [0.15, 0.2) is 11.5 Å². The highest BCUT2D eigenvalue weighted by Crippen LogP contribution is 2.48. The number of rotatable bonds is 3. The van der Waals surface area contributed by atoms with Gasteiger partial charge in [-0.3, -0.25) is 0 Å². The van der Waals surface area contributed by atoms with Crippen molar-refractivity contribution in [1.29, 1.82) is 0 Å². The van der Waals surface area contributed by atoms with Crippen LogP contribution in [0.3, 0.4) is 0 Å². The van der Waals surface area contributed by atoms with E-state index in [0.29, 0.717) is 24.9 Å². The fourth-order valence-corrected chi connectivity index (χ4v) is 3.00. The number of hydrogen-bond donors (Lipinski definition) is 0. The molecule has 1 rings (SSSR count). The lowest BCUT2D eigenvalue weighted by Crippen LogP contribution is -2.07. The zero-order chi connectivity index (χ0) is 13.2. The summed E-state index contributed by atoms with van der Waals surface area (Å²) in [6.45, 7) is 0. The maximum Gasteiger partial charge on any atom is 0.343 e. The molecular formula is C10H9Br3O4. The van der Waals surface area contributed by atoms with Crippen molar-refractivity contribution in [3.63, 3.8) is 0 Å². The van der Waals surface area contributed by atoms with Crippen LogP contribution in [-0.4, -0.2) is 27.3 Å². The highest BCUT2D eigenvalue weighted by molar-refractivity contribution is 9.14. The molecule has 0 bridgehead atoms. The monoisotopic (exact) mass is 430 g/mol. The van der Waals surface area contributed by atoms with Gasteiger partial charge in [0.2, 0.25) is 0 Å². The molecule has 0 saturated heterocycles. The molecule has 0 unspecified atom stereocenters. The standard InChI is InChI=1S/C10H9Br3O4/c1-15-8-4(10(14)17-3)5(11)6(12)7(13)9(8)16-2/h1-3H3. The molecule has 0 amide bonds. The maximum absolute atomic E-state index is 11.7. The molecule has 0 aliphatic heterocycles. The van der Waals surface area contributed by atoms with Gasteiger partial charge >= 0.3 is 5.97 Å². The van der Waals surface area contributed by atoms with Crippen molar-refractivity contribution in [1.82, 2.24) is 0 Å². The van der Waals surface area contributed by atoms with Crippen molar-refractivity contribution in [3.8, 4) is 11.5 Å². The van der Waals surface area contributed by atoms with Crippen LogP contribution in [0.4, 0.5) is 0 Å². The van der Waals surface area contributed by atoms with E-state index in [1.54, 1.807) is 0 Å². The van der Waals surface area contributed by atoms with Gasteiger partial charge in [-0.05, 0) is 47.8 Å². The Balaban J connectivity index is 3.68. The molecule has 0 saturated carbocycles. The van der Waals surface area contributed by atoms with Crippen LogP contribution >= 0.6 is 47.8 Å². The van der Waals surface area contributed by atoms with E-state index in [0.717, 1.165) is 0 Å². The summed E-state index contributed by atoms with van der Waals surface area (Å²) < 4.78 is 17.0. The Morgan fingerprint density at radius 1 is 0.882 bits per heavy atom. The Morgan fingerprint density at radius 3 is 1.82 bits per heavy atom. The highest BCUT2D eigenvalue weighted by atomic mass is 79.9. The molecule has 4 nitrogen and oxygen atoms in total. The van der Waals surface area contributed by atoms with Gasteiger partial charge in [-0.1, -0.05) is 0 Å². The Morgan fingerprint density at radius 2 is 1.41 bits per heavy atom. The molecule has 0 N–H and O–H groups in total. The van der Waals surface area contributed by atoms with Crippen LogP contribution in [0.15, 0.2) is 13.4 Å². The van der Waals surface area contributed by atoms with E-state index >= 15 is 0 Å². The van der Waals surface area contributed by atoms with Gasteiger partial charge in [-0.2, -0.15) is 0 Å². The number of esters is 1. The van der Waals surface area contributed by atoms with Crippen molar-refractivity contribution in [2.24, 2.45) is 0 Å². The smallest absolute Gasteiger partial charge is 0.343 e. The van der Waals surface area contributed by atoms with Crippen LogP contribution in [0.25, 0.3) is 0 Å². The molecule has 7 heteroatoms. The van der Waals surface area contributed by atoms with Crippen LogP contribution in [0.2, 0.25) is 0 Å². The zero-order valence-corrected chi connectivity index (χ0v) is 14.0. The van der Waals surface area contributed by atoms with Crippen LogP contribution < -0.4 is 9.47 Å². The molecule has 1 aromatic carbocycles. The number of methoxy groups -OCH3 is 3. The van der Waals surface area contributed by atoms with Gasteiger partial charge in [0, 0.05) is 0 Å². The number of halogens is 3. The normalized spacial score (nSPS) is 10.0. The fraction of sp³-hybridized carbons (Fsp3) is 0.300.